The summed E-state index contributed by atoms with van der Waals surface area (Å²) in [5.41, 5.74) is 3.40. The van der Waals surface area contributed by atoms with Crippen LogP contribution in [-0.4, -0.2) is 6.29 Å². The van der Waals surface area contributed by atoms with Crippen molar-refractivity contribution in [3.8, 4) is 17.2 Å². The minimum atomic E-state index is 0.648. The number of hydrogen-bond acceptors (Lipinski definition) is 2. The molecule has 0 aliphatic rings. The Morgan fingerprint density at radius 1 is 0.889 bits per heavy atom. The number of hydrogen-bond donors (Lipinski definition) is 0. The maximum absolute atomic E-state index is 11.1. The maximum Gasteiger partial charge on any atom is 0.150 e. The molecule has 0 saturated heterocycles. The molecule has 0 N–H and O–H groups in total. The summed E-state index contributed by atoms with van der Waals surface area (Å²) >= 11 is 0. The van der Waals surface area contributed by atoms with Gasteiger partial charge in [-0.3, -0.25) is 4.79 Å². The predicted octanol–water partition coefficient (Wildman–Crippen LogP) is 3.70. The molecule has 0 unspecified atom stereocenters. The van der Waals surface area contributed by atoms with Crippen LogP contribution in [0.3, 0.4) is 0 Å². The van der Waals surface area contributed by atoms with E-state index in [9.17, 15) is 4.79 Å². The van der Waals surface area contributed by atoms with Crippen molar-refractivity contribution < 1.29 is 4.79 Å². The molecule has 0 atom stereocenters. The molecule has 0 fully saturated rings. The highest BCUT2D eigenvalue weighted by Gasteiger charge is 2.06. The van der Waals surface area contributed by atoms with Crippen molar-refractivity contribution in [3.05, 3.63) is 65.7 Å². The summed E-state index contributed by atoms with van der Waals surface area (Å²) in [6.45, 7) is 0. The second-order valence-electron chi connectivity index (χ2n) is 3.75. The number of carbonyl (C=O) groups excluding carboxylic acids is 1. The van der Waals surface area contributed by atoms with E-state index in [2.05, 4.69) is 0 Å². The van der Waals surface area contributed by atoms with Gasteiger partial charge in [0.1, 0.15) is 0 Å². The fourth-order valence-electron chi connectivity index (χ4n) is 1.86. The van der Waals surface area contributed by atoms with Crippen molar-refractivity contribution in [2.45, 2.75) is 0 Å². The normalized spacial score (nSPS) is 10.2. The van der Waals surface area contributed by atoms with Crippen LogP contribution in [-0.2, 0) is 0 Å². The largest absolute Gasteiger partial charge is 0.298 e. The Morgan fingerprint density at radius 2 is 1.44 bits per heavy atom. The van der Waals surface area contributed by atoms with E-state index in [4.69, 9.17) is 5.26 Å². The summed E-state index contributed by atoms with van der Waals surface area (Å²) in [6.07, 6.45) is 4.03. The van der Waals surface area contributed by atoms with Crippen LogP contribution in [0.5, 0.6) is 0 Å². The second-order valence-corrected chi connectivity index (χ2v) is 3.75. The Hall–Kier alpha value is -2.66. The van der Waals surface area contributed by atoms with Gasteiger partial charge in [0.25, 0.3) is 0 Å². The lowest BCUT2D eigenvalue weighted by Crippen LogP contribution is -1.89. The van der Waals surface area contributed by atoms with E-state index in [1.807, 2.05) is 48.5 Å². The molecule has 2 aromatic carbocycles. The molecule has 0 amide bonds. The molecule has 0 aromatic heterocycles. The minimum Gasteiger partial charge on any atom is -0.298 e. The molecule has 2 nitrogen and oxygen atoms in total. The Labute approximate surface area is 106 Å². The molecule has 2 aromatic rings. The smallest absolute Gasteiger partial charge is 0.150 e. The van der Waals surface area contributed by atoms with Crippen LogP contribution in [0, 0.1) is 11.3 Å². The molecule has 2 heteroatoms. The zero-order valence-electron chi connectivity index (χ0n) is 9.71. The molecule has 18 heavy (non-hydrogen) atoms. The molecule has 0 radical (unpaired) electrons. The third-order valence-electron chi connectivity index (χ3n) is 2.68. The predicted molar refractivity (Wildman–Crippen MR) is 71.9 cm³/mol. The lowest BCUT2D eigenvalue weighted by atomic mass is 9.96. The topological polar surface area (TPSA) is 40.9 Å². The van der Waals surface area contributed by atoms with Gasteiger partial charge in [-0.1, -0.05) is 48.5 Å². The summed E-state index contributed by atoms with van der Waals surface area (Å²) in [5, 5.41) is 8.60. The van der Waals surface area contributed by atoms with E-state index in [0.717, 1.165) is 23.0 Å². The van der Waals surface area contributed by atoms with Crippen LogP contribution in [0.15, 0.2) is 54.6 Å². The van der Waals surface area contributed by atoms with Gasteiger partial charge in [0.15, 0.2) is 6.29 Å². The lowest BCUT2D eigenvalue weighted by Gasteiger charge is -2.08. The lowest BCUT2D eigenvalue weighted by molar-refractivity contribution is 0.112. The average molecular weight is 233 g/mol. The van der Waals surface area contributed by atoms with Crippen LogP contribution in [0.1, 0.15) is 15.9 Å². The summed E-state index contributed by atoms with van der Waals surface area (Å²) < 4.78 is 0. The molecule has 0 spiro atoms. The van der Waals surface area contributed by atoms with Gasteiger partial charge >= 0.3 is 0 Å². The summed E-state index contributed by atoms with van der Waals surface area (Å²) in [7, 11) is 0. The maximum atomic E-state index is 11.1. The van der Waals surface area contributed by atoms with Crippen LogP contribution < -0.4 is 0 Å². The summed E-state index contributed by atoms with van der Waals surface area (Å²) in [4.78, 5) is 11.1. The van der Waals surface area contributed by atoms with Gasteiger partial charge in [0.2, 0.25) is 0 Å². The fraction of sp³-hybridized carbons (Fsp3) is 0. The van der Waals surface area contributed by atoms with Crippen molar-refractivity contribution >= 4 is 12.4 Å². The average Bonchev–Trinajstić information content (AvgIpc) is 2.45. The Balaban J connectivity index is 2.61. The molecular weight excluding hydrogens is 222 g/mol. The molecule has 2 rings (SSSR count). The fourth-order valence-corrected chi connectivity index (χ4v) is 1.86. The molecule has 0 heterocycles. The number of benzene rings is 2. The van der Waals surface area contributed by atoms with E-state index in [-0.39, 0.29) is 0 Å². The van der Waals surface area contributed by atoms with Gasteiger partial charge in [0, 0.05) is 11.6 Å². The number of nitrogens with zero attached hydrogens (tertiary/aromatic N) is 1. The third kappa shape index (κ3) is 2.36. The Morgan fingerprint density at radius 3 is 2.06 bits per heavy atom. The third-order valence-corrected chi connectivity index (χ3v) is 2.68. The molecule has 86 valence electrons. The first kappa shape index (κ1) is 11.8. The van der Waals surface area contributed by atoms with Gasteiger partial charge in [-0.2, -0.15) is 5.26 Å². The number of rotatable bonds is 3. The first-order valence-corrected chi connectivity index (χ1v) is 5.56. The monoisotopic (exact) mass is 233 g/mol. The minimum absolute atomic E-state index is 0.648. The van der Waals surface area contributed by atoms with Gasteiger partial charge in [0.05, 0.1) is 6.07 Å². The molecule has 0 bridgehead atoms. The first-order valence-electron chi connectivity index (χ1n) is 5.56. The van der Waals surface area contributed by atoms with Gasteiger partial charge < -0.3 is 0 Å². The highest BCUT2D eigenvalue weighted by molar-refractivity contribution is 5.90. The van der Waals surface area contributed by atoms with E-state index in [1.54, 1.807) is 12.1 Å². The number of aldehydes is 1. The standard InChI is InChI=1S/C16H11NO/c17-11-5-8-13-6-1-3-9-15(13)16-10-4-2-7-14(16)12-18/h1-10,12H/b8-5+. The summed E-state index contributed by atoms with van der Waals surface area (Å²) in [6, 6.07) is 17.1. The molecule has 0 aliphatic carbocycles. The number of allylic oxidation sites excluding steroid dienone is 1. The van der Waals surface area contributed by atoms with E-state index >= 15 is 0 Å². The van der Waals surface area contributed by atoms with Crippen molar-refractivity contribution in [1.82, 2.24) is 0 Å². The Bertz CT molecular complexity index is 636. The number of carbonyl (C=O) groups is 1. The van der Waals surface area contributed by atoms with E-state index in [0.29, 0.717) is 5.56 Å². The van der Waals surface area contributed by atoms with Crippen molar-refractivity contribution in [1.29, 1.82) is 5.26 Å². The highest BCUT2D eigenvalue weighted by Crippen LogP contribution is 2.27. The zero-order valence-corrected chi connectivity index (χ0v) is 9.71. The first-order chi connectivity index (χ1) is 8.86. The van der Waals surface area contributed by atoms with Crippen LogP contribution in [0.25, 0.3) is 17.2 Å². The van der Waals surface area contributed by atoms with Crippen LogP contribution in [0.4, 0.5) is 0 Å². The molecular formula is C16H11NO. The van der Waals surface area contributed by atoms with Crippen LogP contribution >= 0.6 is 0 Å². The summed E-state index contributed by atoms with van der Waals surface area (Å²) in [5.74, 6) is 0. The van der Waals surface area contributed by atoms with E-state index in [1.165, 1.54) is 6.08 Å². The zero-order chi connectivity index (χ0) is 12.8. The van der Waals surface area contributed by atoms with Crippen LogP contribution in [0.2, 0.25) is 0 Å². The second kappa shape index (κ2) is 5.60. The number of nitriles is 1. The van der Waals surface area contributed by atoms with Crippen molar-refractivity contribution in [2.24, 2.45) is 0 Å². The SMILES string of the molecule is N#C/C=C/c1ccccc1-c1ccccc1C=O. The Kier molecular flexibility index (Phi) is 3.68. The van der Waals surface area contributed by atoms with Crippen molar-refractivity contribution in [2.75, 3.05) is 0 Å². The van der Waals surface area contributed by atoms with Gasteiger partial charge in [-0.15, -0.1) is 0 Å². The van der Waals surface area contributed by atoms with Gasteiger partial charge in [-0.05, 0) is 22.8 Å². The van der Waals surface area contributed by atoms with Gasteiger partial charge in [-0.25, -0.2) is 0 Å². The molecule has 0 aliphatic heterocycles. The molecule has 0 saturated carbocycles. The van der Waals surface area contributed by atoms with E-state index < -0.39 is 0 Å². The highest BCUT2D eigenvalue weighted by atomic mass is 16.1. The quantitative estimate of drug-likeness (QED) is 0.599. The van der Waals surface area contributed by atoms with Crippen molar-refractivity contribution in [3.63, 3.8) is 0 Å².